The van der Waals surface area contributed by atoms with Gasteiger partial charge in [-0.2, -0.15) is 0 Å². The molecule has 4 unspecified atom stereocenters. The Morgan fingerprint density at radius 2 is 1.62 bits per heavy atom. The fraction of sp³-hybridized carbons (Fsp3) is 1.00. The summed E-state index contributed by atoms with van der Waals surface area (Å²) in [5.41, 5.74) is 6.53. The molecule has 4 saturated carbocycles. The maximum absolute atomic E-state index is 10.5. The summed E-state index contributed by atoms with van der Waals surface area (Å²) in [5, 5.41) is 17.9. The number of nitrogens with one attached hydrogen (secondary N) is 2. The van der Waals surface area contributed by atoms with Gasteiger partial charge >= 0.3 is 0 Å². The third-order valence-corrected chi connectivity index (χ3v) is 11.1. The third-order valence-electron chi connectivity index (χ3n) is 11.1. The topological polar surface area (TPSA) is 70.3 Å². The van der Waals surface area contributed by atoms with Crippen molar-refractivity contribution in [2.45, 2.75) is 110 Å². The molecule has 0 bridgehead atoms. The van der Waals surface area contributed by atoms with Crippen molar-refractivity contribution in [2.24, 2.45) is 46.2 Å². The van der Waals surface area contributed by atoms with Crippen LogP contribution in [0.2, 0.25) is 0 Å². The molecule has 0 amide bonds. The van der Waals surface area contributed by atoms with Gasteiger partial charge in [-0.15, -0.1) is 0 Å². The minimum Gasteiger partial charge on any atom is -0.393 e. The van der Waals surface area contributed by atoms with Crippen LogP contribution in [0.5, 0.6) is 0 Å². The van der Waals surface area contributed by atoms with E-state index in [9.17, 15) is 5.11 Å². The predicted octanol–water partition coefficient (Wildman–Crippen LogP) is 4.70. The lowest BCUT2D eigenvalue weighted by molar-refractivity contribution is -0.121. The van der Waals surface area contributed by atoms with E-state index >= 15 is 0 Å². The highest BCUT2D eigenvalue weighted by Gasteiger charge is 2.60. The summed E-state index contributed by atoms with van der Waals surface area (Å²) in [6.07, 6.45) is 16.0. The summed E-state index contributed by atoms with van der Waals surface area (Å²) in [5.74, 6) is 4.18. The molecule has 0 aromatic heterocycles. The molecule has 9 atom stereocenters. The number of hydrogen-bond donors (Lipinski definition) is 4. The lowest BCUT2D eigenvalue weighted by Gasteiger charge is -2.61. The Morgan fingerprint density at radius 1 is 0.875 bits per heavy atom. The zero-order valence-corrected chi connectivity index (χ0v) is 21.4. The van der Waals surface area contributed by atoms with Crippen LogP contribution in [0.25, 0.3) is 0 Å². The summed E-state index contributed by atoms with van der Waals surface area (Å²) < 4.78 is 0. The van der Waals surface area contributed by atoms with Crippen molar-refractivity contribution in [2.75, 3.05) is 26.2 Å². The molecular formula is C28H53N3O. The van der Waals surface area contributed by atoms with Crippen molar-refractivity contribution in [3.63, 3.8) is 0 Å². The summed E-state index contributed by atoms with van der Waals surface area (Å²) >= 11 is 0. The van der Waals surface area contributed by atoms with Gasteiger partial charge in [0.25, 0.3) is 0 Å². The van der Waals surface area contributed by atoms with Crippen LogP contribution in [0, 0.1) is 40.4 Å². The first-order chi connectivity index (χ1) is 15.4. The highest BCUT2D eigenvalue weighted by atomic mass is 16.3. The first kappa shape index (κ1) is 24.9. The molecular weight excluding hydrogens is 394 g/mol. The molecule has 4 nitrogen and oxygen atoms in total. The number of hydrogen-bond acceptors (Lipinski definition) is 4. The average molecular weight is 448 g/mol. The SMILES string of the molecule is C[C@@H](O)C1CCC2C3CC[C@H]4C[C@H](NCCCNCCCCN)CC[C@]4(C)C3CC[C@@]21C. The Labute approximate surface area is 198 Å². The number of nitrogens with two attached hydrogens (primary N) is 1. The highest BCUT2D eigenvalue weighted by molar-refractivity contribution is 5.10. The maximum atomic E-state index is 10.5. The summed E-state index contributed by atoms with van der Waals surface area (Å²) in [6, 6.07) is 0.738. The van der Waals surface area contributed by atoms with E-state index in [1.54, 1.807) is 0 Å². The van der Waals surface area contributed by atoms with Crippen LogP contribution in [-0.4, -0.2) is 43.4 Å². The Morgan fingerprint density at radius 3 is 2.41 bits per heavy atom. The minimum absolute atomic E-state index is 0.129. The molecule has 0 aliphatic heterocycles. The van der Waals surface area contributed by atoms with E-state index in [0.29, 0.717) is 16.7 Å². The molecule has 0 saturated heterocycles. The monoisotopic (exact) mass is 447 g/mol. The average Bonchev–Trinajstić information content (AvgIpc) is 3.13. The zero-order chi connectivity index (χ0) is 22.8. The van der Waals surface area contributed by atoms with Gasteiger partial charge in [0.05, 0.1) is 6.10 Å². The van der Waals surface area contributed by atoms with Crippen LogP contribution >= 0.6 is 0 Å². The van der Waals surface area contributed by atoms with Gasteiger partial charge in [-0.25, -0.2) is 0 Å². The third kappa shape index (κ3) is 4.81. The van der Waals surface area contributed by atoms with Gasteiger partial charge in [0.15, 0.2) is 0 Å². The molecule has 0 spiro atoms. The van der Waals surface area contributed by atoms with Crippen LogP contribution in [0.3, 0.4) is 0 Å². The Bertz CT molecular complexity index is 597. The second kappa shape index (κ2) is 10.6. The summed E-state index contributed by atoms with van der Waals surface area (Å²) in [6.45, 7) is 11.5. The second-order valence-corrected chi connectivity index (χ2v) is 12.7. The van der Waals surface area contributed by atoms with Gasteiger partial charge in [0, 0.05) is 6.04 Å². The van der Waals surface area contributed by atoms with Crippen molar-refractivity contribution in [1.29, 1.82) is 0 Å². The van der Waals surface area contributed by atoms with Crippen molar-refractivity contribution < 1.29 is 5.11 Å². The van der Waals surface area contributed by atoms with E-state index in [2.05, 4.69) is 31.4 Å². The second-order valence-electron chi connectivity index (χ2n) is 12.7. The number of rotatable bonds is 10. The van der Waals surface area contributed by atoms with Gasteiger partial charge in [-0.1, -0.05) is 13.8 Å². The normalized spacial score (nSPS) is 44.5. The van der Waals surface area contributed by atoms with E-state index in [-0.39, 0.29) is 6.10 Å². The molecule has 0 aromatic rings. The number of fused-ring (bicyclic) bond motifs is 5. The number of aliphatic hydroxyl groups is 1. The molecule has 4 heteroatoms. The van der Waals surface area contributed by atoms with Gasteiger partial charge in [-0.3, -0.25) is 0 Å². The van der Waals surface area contributed by atoms with Gasteiger partial charge < -0.3 is 21.5 Å². The van der Waals surface area contributed by atoms with Crippen LogP contribution in [0.4, 0.5) is 0 Å². The zero-order valence-electron chi connectivity index (χ0n) is 21.4. The van der Waals surface area contributed by atoms with Crippen LogP contribution in [0.1, 0.15) is 97.8 Å². The fourth-order valence-electron chi connectivity index (χ4n) is 9.32. The molecule has 5 N–H and O–H groups in total. The van der Waals surface area contributed by atoms with Crippen molar-refractivity contribution in [3.8, 4) is 0 Å². The van der Waals surface area contributed by atoms with Gasteiger partial charge in [-0.05, 0) is 151 Å². The van der Waals surface area contributed by atoms with Gasteiger partial charge in [0.1, 0.15) is 0 Å². The molecule has 4 fully saturated rings. The predicted molar refractivity (Wildman–Crippen MR) is 134 cm³/mol. The standard InChI is InChI=1S/C28H53N3O/c1-20(32)24-9-10-25-23-8-7-21-19-22(31-18-6-17-30-16-5-4-15-29)11-13-27(21,2)26(23)12-14-28(24,25)3/h20-26,30-32H,4-19,29H2,1-3H3/t20-,21+,22-,23?,24?,25?,26?,27+,28-/m1/s1. The van der Waals surface area contributed by atoms with E-state index in [0.717, 1.165) is 62.3 Å². The van der Waals surface area contributed by atoms with E-state index in [4.69, 9.17) is 5.73 Å². The first-order valence-electron chi connectivity index (χ1n) is 14.2. The van der Waals surface area contributed by atoms with Crippen molar-refractivity contribution >= 4 is 0 Å². The largest absolute Gasteiger partial charge is 0.393 e. The lowest BCUT2D eigenvalue weighted by atomic mass is 9.44. The molecule has 4 aliphatic carbocycles. The Balaban J connectivity index is 1.26. The quantitative estimate of drug-likeness (QED) is 0.366. The molecule has 186 valence electrons. The minimum atomic E-state index is -0.129. The van der Waals surface area contributed by atoms with Crippen LogP contribution < -0.4 is 16.4 Å². The smallest absolute Gasteiger partial charge is 0.0545 e. The summed E-state index contributed by atoms with van der Waals surface area (Å²) in [7, 11) is 0. The molecule has 0 radical (unpaired) electrons. The molecule has 0 aromatic carbocycles. The van der Waals surface area contributed by atoms with Crippen molar-refractivity contribution in [3.05, 3.63) is 0 Å². The van der Waals surface area contributed by atoms with Crippen LogP contribution in [0.15, 0.2) is 0 Å². The van der Waals surface area contributed by atoms with E-state index in [1.807, 2.05) is 0 Å². The number of aliphatic hydroxyl groups excluding tert-OH is 1. The maximum Gasteiger partial charge on any atom is 0.0545 e. The molecule has 0 heterocycles. The van der Waals surface area contributed by atoms with E-state index in [1.165, 1.54) is 70.6 Å². The molecule has 4 rings (SSSR count). The van der Waals surface area contributed by atoms with E-state index < -0.39 is 0 Å². The fourth-order valence-corrected chi connectivity index (χ4v) is 9.32. The van der Waals surface area contributed by atoms with Crippen LogP contribution in [-0.2, 0) is 0 Å². The van der Waals surface area contributed by atoms with Gasteiger partial charge in [0.2, 0.25) is 0 Å². The Kier molecular flexibility index (Phi) is 8.28. The van der Waals surface area contributed by atoms with Crippen molar-refractivity contribution in [1.82, 2.24) is 10.6 Å². The highest BCUT2D eigenvalue weighted by Crippen LogP contribution is 2.67. The Hall–Kier alpha value is -0.160. The first-order valence-corrected chi connectivity index (χ1v) is 14.2. The molecule has 4 aliphatic rings. The number of unbranched alkanes of at least 4 members (excludes halogenated alkanes) is 1. The lowest BCUT2D eigenvalue weighted by Crippen LogP contribution is -2.55. The molecule has 32 heavy (non-hydrogen) atoms. The summed E-state index contributed by atoms with van der Waals surface area (Å²) in [4.78, 5) is 0.